The first-order chi connectivity index (χ1) is 19.9. The zero-order valence-electron chi connectivity index (χ0n) is 23.6. The number of hydrogen-bond donors (Lipinski definition) is 4. The van der Waals surface area contributed by atoms with Gasteiger partial charge < -0.3 is 25.5 Å². The lowest BCUT2D eigenvalue weighted by atomic mass is 9.89. The summed E-state index contributed by atoms with van der Waals surface area (Å²) < 4.78 is 0. The number of amides is 1. The highest BCUT2D eigenvalue weighted by atomic mass is 16.7. The van der Waals surface area contributed by atoms with E-state index >= 15 is 0 Å². The van der Waals surface area contributed by atoms with E-state index in [9.17, 15) is 20.1 Å². The van der Waals surface area contributed by atoms with Crippen molar-refractivity contribution < 1.29 is 25.0 Å². The average molecular weight is 558 g/mol. The Bertz CT molecular complexity index is 1310. The second-order valence-corrected chi connectivity index (χ2v) is 10.3. The van der Waals surface area contributed by atoms with Gasteiger partial charge in [0, 0.05) is 37.3 Å². The maximum atomic E-state index is 13.4. The number of aliphatic hydroxyl groups excluding tert-OH is 3. The third-order valence-electron chi connectivity index (χ3n) is 7.28. The number of rotatable bonds is 11. The van der Waals surface area contributed by atoms with Crippen LogP contribution in [0, 0.1) is 17.8 Å². The lowest BCUT2D eigenvalue weighted by molar-refractivity contribution is -0.181. The molecule has 8 heteroatoms. The Morgan fingerprint density at radius 2 is 1.76 bits per heavy atom. The minimum atomic E-state index is -0.903. The zero-order chi connectivity index (χ0) is 29.2. The van der Waals surface area contributed by atoms with Crippen LogP contribution in [-0.2, 0) is 16.2 Å². The van der Waals surface area contributed by atoms with E-state index in [0.717, 1.165) is 29.8 Å². The van der Waals surface area contributed by atoms with E-state index in [1.165, 1.54) is 0 Å². The van der Waals surface area contributed by atoms with Gasteiger partial charge in [-0.1, -0.05) is 72.5 Å². The quantitative estimate of drug-likeness (QED) is 0.212. The summed E-state index contributed by atoms with van der Waals surface area (Å²) in [5.41, 5.74) is 3.39. The Balaban J connectivity index is 1.41. The summed E-state index contributed by atoms with van der Waals surface area (Å²) in [4.78, 5) is 21.6. The Kier molecular flexibility index (Phi) is 10.9. The van der Waals surface area contributed by atoms with Crippen molar-refractivity contribution in [1.29, 1.82) is 0 Å². The molecule has 5 atom stereocenters. The largest absolute Gasteiger partial charge is 0.394 e. The molecule has 0 aromatic heterocycles. The Morgan fingerprint density at radius 1 is 1.05 bits per heavy atom. The van der Waals surface area contributed by atoms with Crippen LogP contribution < -0.4 is 10.2 Å². The SMILES string of the molecule is C[C@@H](O)C1[C@@H](CO)ON(Cc2cccc(C#C[C@@H](O)c3ccccc3)c2)[C@H]1C(=O)NCCCN(C)c1ccccc1. The third kappa shape index (κ3) is 8.17. The van der Waals surface area contributed by atoms with Crippen molar-refractivity contribution in [3.63, 3.8) is 0 Å². The molecule has 8 nitrogen and oxygen atoms in total. The summed E-state index contributed by atoms with van der Waals surface area (Å²) in [6.45, 7) is 2.78. The van der Waals surface area contributed by atoms with Gasteiger partial charge in [-0.25, -0.2) is 0 Å². The van der Waals surface area contributed by atoms with Crippen molar-refractivity contribution in [3.8, 4) is 11.8 Å². The van der Waals surface area contributed by atoms with E-state index in [4.69, 9.17) is 4.84 Å². The predicted molar refractivity (Wildman–Crippen MR) is 159 cm³/mol. The van der Waals surface area contributed by atoms with Gasteiger partial charge in [-0.15, -0.1) is 0 Å². The van der Waals surface area contributed by atoms with Gasteiger partial charge in [0.1, 0.15) is 18.2 Å². The lowest BCUT2D eigenvalue weighted by Gasteiger charge is -2.26. The van der Waals surface area contributed by atoms with Crippen LogP contribution >= 0.6 is 0 Å². The van der Waals surface area contributed by atoms with Gasteiger partial charge in [0.05, 0.1) is 19.3 Å². The molecule has 0 aliphatic carbocycles. The van der Waals surface area contributed by atoms with Gasteiger partial charge in [0.2, 0.25) is 5.91 Å². The molecule has 216 valence electrons. The molecule has 41 heavy (non-hydrogen) atoms. The first-order valence-electron chi connectivity index (χ1n) is 14.0. The number of nitrogens with zero attached hydrogens (tertiary/aromatic N) is 2. The van der Waals surface area contributed by atoms with Crippen molar-refractivity contribution in [2.45, 2.75) is 44.2 Å². The fourth-order valence-corrected chi connectivity index (χ4v) is 5.12. The van der Waals surface area contributed by atoms with E-state index < -0.39 is 30.3 Å². The molecule has 1 saturated heterocycles. The molecule has 3 aromatic rings. The molecule has 1 amide bonds. The van der Waals surface area contributed by atoms with Gasteiger partial charge >= 0.3 is 0 Å². The maximum absolute atomic E-state index is 13.4. The van der Waals surface area contributed by atoms with E-state index in [1.54, 1.807) is 12.0 Å². The molecule has 1 fully saturated rings. The number of carbonyl (C=O) groups excluding carboxylic acids is 1. The van der Waals surface area contributed by atoms with Crippen LogP contribution in [0.1, 0.15) is 36.1 Å². The maximum Gasteiger partial charge on any atom is 0.240 e. The second kappa shape index (κ2) is 14.8. The number of aliphatic hydroxyl groups is 3. The van der Waals surface area contributed by atoms with Gasteiger partial charge in [0.15, 0.2) is 0 Å². The molecule has 1 aliphatic rings. The van der Waals surface area contributed by atoms with E-state index in [0.29, 0.717) is 12.1 Å². The molecule has 1 heterocycles. The van der Waals surface area contributed by atoms with Crippen LogP contribution in [0.5, 0.6) is 0 Å². The van der Waals surface area contributed by atoms with Crippen LogP contribution in [0.2, 0.25) is 0 Å². The minimum Gasteiger partial charge on any atom is -0.394 e. The van der Waals surface area contributed by atoms with Crippen molar-refractivity contribution in [2.75, 3.05) is 31.6 Å². The van der Waals surface area contributed by atoms with Gasteiger partial charge in [-0.05, 0) is 48.7 Å². The van der Waals surface area contributed by atoms with E-state index in [2.05, 4.69) is 22.1 Å². The third-order valence-corrected chi connectivity index (χ3v) is 7.28. The Morgan fingerprint density at radius 3 is 2.44 bits per heavy atom. The van der Waals surface area contributed by atoms with Crippen LogP contribution in [-0.4, -0.2) is 71.3 Å². The van der Waals surface area contributed by atoms with Crippen LogP contribution in [0.15, 0.2) is 84.9 Å². The summed E-state index contributed by atoms with van der Waals surface area (Å²) in [5.74, 6) is 5.04. The zero-order valence-corrected chi connectivity index (χ0v) is 23.6. The molecule has 4 N–H and O–H groups in total. The number of benzene rings is 3. The highest BCUT2D eigenvalue weighted by Crippen LogP contribution is 2.32. The molecular formula is C33H39N3O5. The molecule has 1 unspecified atom stereocenters. The van der Waals surface area contributed by atoms with Crippen LogP contribution in [0.25, 0.3) is 0 Å². The van der Waals surface area contributed by atoms with E-state index in [1.807, 2.05) is 92.0 Å². The number of nitrogens with one attached hydrogen (secondary N) is 1. The predicted octanol–water partition coefficient (Wildman–Crippen LogP) is 2.89. The fourth-order valence-electron chi connectivity index (χ4n) is 5.12. The highest BCUT2D eigenvalue weighted by molar-refractivity contribution is 5.82. The molecule has 4 rings (SSSR count). The second-order valence-electron chi connectivity index (χ2n) is 10.3. The molecule has 1 aliphatic heterocycles. The van der Waals surface area contributed by atoms with Gasteiger partial charge in [-0.3, -0.25) is 9.63 Å². The number of hydroxylamine groups is 2. The van der Waals surface area contributed by atoms with Crippen molar-refractivity contribution in [3.05, 3.63) is 102 Å². The molecule has 3 aromatic carbocycles. The number of anilines is 1. The smallest absolute Gasteiger partial charge is 0.240 e. The number of hydrogen-bond acceptors (Lipinski definition) is 7. The number of carbonyl (C=O) groups is 1. The Labute approximate surface area is 242 Å². The molecule has 0 radical (unpaired) electrons. The minimum absolute atomic E-state index is 0.254. The summed E-state index contributed by atoms with van der Waals surface area (Å²) in [5, 5.41) is 35.5. The lowest BCUT2D eigenvalue weighted by Crippen LogP contribution is -2.49. The highest BCUT2D eigenvalue weighted by Gasteiger charge is 2.49. The van der Waals surface area contributed by atoms with Crippen molar-refractivity contribution >= 4 is 11.6 Å². The standard InChI is InChI=1S/C33H39N3O5/c1-24(38)31-30(23-37)41-36(32(31)33(40)34-19-10-20-35(2)28-15-7-4-8-16-28)22-26-12-9-11-25(21-26)17-18-29(39)27-13-5-3-6-14-27/h3-9,11-16,21,24,29-32,37-39H,10,19-20,22-23H2,1-2H3,(H,34,40)/t24-,29-,30-,31?,32-/m1/s1. The van der Waals surface area contributed by atoms with Crippen LogP contribution in [0.3, 0.4) is 0 Å². The molecule has 0 saturated carbocycles. The van der Waals surface area contributed by atoms with Gasteiger partial charge in [-0.2, -0.15) is 5.06 Å². The molecule has 0 spiro atoms. The van der Waals surface area contributed by atoms with Crippen molar-refractivity contribution in [1.82, 2.24) is 10.4 Å². The summed E-state index contributed by atoms with van der Waals surface area (Å²) in [6, 6.07) is 26.0. The molecular weight excluding hydrogens is 518 g/mol. The monoisotopic (exact) mass is 557 g/mol. The normalized spacial score (nSPS) is 20.1. The van der Waals surface area contributed by atoms with Gasteiger partial charge in [0.25, 0.3) is 0 Å². The summed E-state index contributed by atoms with van der Waals surface area (Å²) in [6.07, 6.45) is -1.74. The average Bonchev–Trinajstić information content (AvgIpc) is 3.37. The fraction of sp³-hybridized carbons (Fsp3) is 0.364. The topological polar surface area (TPSA) is 105 Å². The summed E-state index contributed by atoms with van der Waals surface area (Å²) >= 11 is 0. The number of para-hydroxylation sites is 1. The first-order valence-corrected chi connectivity index (χ1v) is 14.0. The Hall–Kier alpha value is -3.71. The molecule has 0 bridgehead atoms. The van der Waals surface area contributed by atoms with Crippen LogP contribution in [0.4, 0.5) is 5.69 Å². The van der Waals surface area contributed by atoms with E-state index in [-0.39, 0.29) is 19.1 Å². The first kappa shape index (κ1) is 30.3. The van der Waals surface area contributed by atoms with Crippen molar-refractivity contribution in [2.24, 2.45) is 5.92 Å². The summed E-state index contributed by atoms with van der Waals surface area (Å²) in [7, 11) is 2.01.